The maximum absolute atomic E-state index is 13.0. The van der Waals surface area contributed by atoms with Crippen molar-refractivity contribution in [2.75, 3.05) is 4.72 Å². The minimum Gasteiger partial charge on any atom is -0.255 e. The number of nitrogens with zero attached hydrogens (tertiary/aromatic N) is 1. The number of thiazole rings is 1. The fourth-order valence-corrected chi connectivity index (χ4v) is 9.64. The van der Waals surface area contributed by atoms with Gasteiger partial charge in [0.05, 0.1) is 10.0 Å². The van der Waals surface area contributed by atoms with Crippen LogP contribution in [0.2, 0.25) is 10.0 Å². The second-order valence-corrected chi connectivity index (χ2v) is 13.0. The van der Waals surface area contributed by atoms with E-state index in [1.807, 2.05) is 35.7 Å². The van der Waals surface area contributed by atoms with E-state index >= 15 is 0 Å². The Balaban J connectivity index is 1.64. The van der Waals surface area contributed by atoms with E-state index in [4.69, 9.17) is 23.2 Å². The highest BCUT2D eigenvalue weighted by Crippen LogP contribution is 2.63. The summed E-state index contributed by atoms with van der Waals surface area (Å²) in [7, 11) is -5.35. The van der Waals surface area contributed by atoms with Crippen molar-refractivity contribution in [3.63, 3.8) is 0 Å². The topological polar surface area (TPSA) is 59.1 Å². The van der Waals surface area contributed by atoms with Gasteiger partial charge in [-0.05, 0) is 41.0 Å². The lowest BCUT2D eigenvalue weighted by atomic mass is 10.2. The van der Waals surface area contributed by atoms with Gasteiger partial charge in [-0.1, -0.05) is 65.7 Å². The van der Waals surface area contributed by atoms with Crippen molar-refractivity contribution in [3.05, 3.63) is 92.0 Å². The van der Waals surface area contributed by atoms with Crippen LogP contribution in [0.3, 0.4) is 0 Å². The van der Waals surface area contributed by atoms with Gasteiger partial charge < -0.3 is 0 Å². The van der Waals surface area contributed by atoms with E-state index in [9.17, 15) is 8.42 Å². The first-order chi connectivity index (χ1) is 14.3. The minimum absolute atomic E-state index is 0.0114. The predicted octanol–water partition coefficient (Wildman–Crippen LogP) is 6.96. The Hall–Kier alpha value is -1.77. The lowest BCUT2D eigenvalue weighted by molar-refractivity contribution is 0.600. The summed E-state index contributed by atoms with van der Waals surface area (Å²) in [4.78, 5) is 4.65. The van der Waals surface area contributed by atoms with Gasteiger partial charge in [-0.3, -0.25) is 4.72 Å². The molecule has 30 heavy (non-hydrogen) atoms. The first-order valence-electron chi connectivity index (χ1n) is 8.93. The molecular formula is C21H18Cl2N2O2S3. The number of halogens is 2. The monoisotopic (exact) mass is 496 g/mol. The maximum Gasteiger partial charge on any atom is 0.265 e. The summed E-state index contributed by atoms with van der Waals surface area (Å²) in [6.07, 6.45) is 4.05. The van der Waals surface area contributed by atoms with Crippen molar-refractivity contribution in [2.45, 2.75) is 22.6 Å². The summed E-state index contributed by atoms with van der Waals surface area (Å²) in [6.45, 7) is 1.66. The summed E-state index contributed by atoms with van der Waals surface area (Å²) in [6, 6.07) is 13.2. The molecule has 0 saturated heterocycles. The van der Waals surface area contributed by atoms with Crippen molar-refractivity contribution >= 4 is 59.7 Å². The summed E-state index contributed by atoms with van der Waals surface area (Å²) in [5, 5.41) is 7.92. The molecule has 2 heterocycles. The Morgan fingerprint density at radius 1 is 1.10 bits per heavy atom. The number of nitrogens with one attached hydrogen (secondary N) is 1. The molecule has 1 N–H and O–H groups in total. The highest BCUT2D eigenvalue weighted by molar-refractivity contribution is 8.38. The number of aromatic nitrogens is 1. The number of hydrogen-bond acceptors (Lipinski definition) is 4. The first kappa shape index (κ1) is 21.5. The van der Waals surface area contributed by atoms with Crippen LogP contribution in [0.25, 0.3) is 0 Å². The van der Waals surface area contributed by atoms with Crippen LogP contribution in [-0.2, 0) is 15.8 Å². The SMILES string of the molecule is Cc1cc(Cl)cc(Cl)c1S(=O)(=O)Nc1nc(S2(Cc3ccccc3)C=CC=C2)cs1. The third kappa shape index (κ3) is 4.31. The molecule has 0 radical (unpaired) electrons. The van der Waals surface area contributed by atoms with E-state index in [1.165, 1.54) is 23.0 Å². The maximum atomic E-state index is 13.0. The van der Waals surface area contributed by atoms with E-state index in [2.05, 4.69) is 32.7 Å². The number of sulfonamides is 1. The summed E-state index contributed by atoms with van der Waals surface area (Å²) in [5.74, 6) is 0.818. The average molecular weight is 497 g/mol. The molecule has 0 fully saturated rings. The van der Waals surface area contributed by atoms with Gasteiger partial charge in [0.15, 0.2) is 5.13 Å². The number of anilines is 1. The quantitative estimate of drug-likeness (QED) is 0.400. The van der Waals surface area contributed by atoms with Gasteiger partial charge in [-0.15, -0.1) is 11.3 Å². The van der Waals surface area contributed by atoms with E-state index in [0.717, 1.165) is 10.8 Å². The lowest BCUT2D eigenvalue weighted by Gasteiger charge is -2.29. The Morgan fingerprint density at radius 3 is 2.47 bits per heavy atom. The largest absolute Gasteiger partial charge is 0.265 e. The highest BCUT2D eigenvalue weighted by atomic mass is 35.5. The Morgan fingerprint density at radius 2 is 1.80 bits per heavy atom. The molecular weight excluding hydrogens is 479 g/mol. The fraction of sp³-hybridized carbons (Fsp3) is 0.0952. The van der Waals surface area contributed by atoms with Gasteiger partial charge in [-0.2, -0.15) is 10.0 Å². The van der Waals surface area contributed by atoms with Crippen LogP contribution in [0.5, 0.6) is 0 Å². The average Bonchev–Trinajstić information content (AvgIpc) is 3.31. The molecule has 0 saturated carbocycles. The molecule has 4 nitrogen and oxygen atoms in total. The Bertz CT molecular complexity index is 1220. The zero-order valence-electron chi connectivity index (χ0n) is 15.9. The normalized spacial score (nSPS) is 16.0. The van der Waals surface area contributed by atoms with Crippen LogP contribution in [0.15, 0.2) is 80.7 Å². The van der Waals surface area contributed by atoms with Gasteiger partial charge in [0, 0.05) is 16.2 Å². The van der Waals surface area contributed by atoms with E-state index < -0.39 is 20.1 Å². The summed E-state index contributed by atoms with van der Waals surface area (Å²) in [5.41, 5.74) is 1.69. The van der Waals surface area contributed by atoms with Crippen molar-refractivity contribution in [2.24, 2.45) is 0 Å². The second-order valence-electron chi connectivity index (χ2n) is 6.77. The molecule has 156 valence electrons. The van der Waals surface area contributed by atoms with Crippen molar-refractivity contribution in [1.82, 2.24) is 4.98 Å². The second kappa shape index (κ2) is 8.40. The van der Waals surface area contributed by atoms with E-state index in [-0.39, 0.29) is 9.92 Å². The van der Waals surface area contributed by atoms with Crippen LogP contribution in [0.4, 0.5) is 5.13 Å². The molecule has 0 bridgehead atoms. The molecule has 1 aliphatic heterocycles. The van der Waals surface area contributed by atoms with Crippen LogP contribution in [0.1, 0.15) is 11.1 Å². The fourth-order valence-electron chi connectivity index (χ4n) is 3.25. The molecule has 1 aromatic heterocycles. The number of aryl methyl sites for hydroxylation is 1. The smallest absolute Gasteiger partial charge is 0.255 e. The number of hydrogen-bond donors (Lipinski definition) is 1. The molecule has 4 rings (SSSR count). The van der Waals surface area contributed by atoms with Crippen molar-refractivity contribution in [1.29, 1.82) is 0 Å². The van der Waals surface area contributed by atoms with Crippen LogP contribution < -0.4 is 4.72 Å². The molecule has 0 atom stereocenters. The standard InChI is InChI=1S/C21H18Cl2N2O2S3/c1-15-11-17(22)12-18(23)20(15)30(26,27)25-21-24-19(13-28-21)29(9-5-6-10-29)14-16-7-3-2-4-8-16/h2-13H,14H2,1H3,(H,24,25). The summed E-state index contributed by atoms with van der Waals surface area (Å²) >= 11 is 13.4. The van der Waals surface area contributed by atoms with Gasteiger partial charge in [0.25, 0.3) is 10.0 Å². The van der Waals surface area contributed by atoms with Gasteiger partial charge in [-0.25, -0.2) is 13.4 Å². The molecule has 9 heteroatoms. The highest BCUT2D eigenvalue weighted by Gasteiger charge is 2.28. The van der Waals surface area contributed by atoms with Crippen molar-refractivity contribution in [3.8, 4) is 0 Å². The predicted molar refractivity (Wildman–Crippen MR) is 128 cm³/mol. The van der Waals surface area contributed by atoms with Crippen molar-refractivity contribution < 1.29 is 8.42 Å². The third-order valence-corrected chi connectivity index (χ3v) is 10.8. The zero-order chi connectivity index (χ0) is 21.4. The number of benzene rings is 2. The molecule has 0 spiro atoms. The first-order valence-corrected chi connectivity index (χ1v) is 14.0. The molecule has 0 amide bonds. The van der Waals surface area contributed by atoms with E-state index in [0.29, 0.717) is 15.7 Å². The minimum atomic E-state index is -3.90. The van der Waals surface area contributed by atoms with Gasteiger partial charge in [0.1, 0.15) is 4.90 Å². The van der Waals surface area contributed by atoms with Gasteiger partial charge in [0.2, 0.25) is 0 Å². The van der Waals surface area contributed by atoms with E-state index in [1.54, 1.807) is 13.0 Å². The Labute approximate surface area is 191 Å². The van der Waals surface area contributed by atoms with Gasteiger partial charge >= 0.3 is 0 Å². The molecule has 0 unspecified atom stereocenters. The number of allylic oxidation sites excluding steroid dienone is 2. The molecule has 1 aliphatic rings. The molecule has 2 aromatic carbocycles. The molecule has 3 aromatic rings. The van der Waals surface area contributed by atoms with Crippen LogP contribution >= 0.6 is 44.6 Å². The summed E-state index contributed by atoms with van der Waals surface area (Å²) < 4.78 is 28.5. The Kier molecular flexibility index (Phi) is 6.01. The molecule has 0 aliphatic carbocycles. The van der Waals surface area contributed by atoms with Crippen LogP contribution in [0, 0.1) is 6.92 Å². The third-order valence-electron chi connectivity index (χ3n) is 4.56. The lowest BCUT2D eigenvalue weighted by Crippen LogP contribution is -2.15. The van der Waals surface area contributed by atoms with Crippen LogP contribution in [-0.4, -0.2) is 13.4 Å². The zero-order valence-corrected chi connectivity index (χ0v) is 19.8. The number of rotatable bonds is 6.